The number of nitrogens with one attached hydrogen (secondary N) is 1. The van der Waals surface area contributed by atoms with Crippen LogP contribution in [0.1, 0.15) is 24.4 Å². The Balaban J connectivity index is 1.38. The minimum absolute atomic E-state index is 0.00139. The molecule has 1 amide bonds. The van der Waals surface area contributed by atoms with Crippen LogP contribution in [0.2, 0.25) is 0 Å². The molecule has 7 nitrogen and oxygen atoms in total. The van der Waals surface area contributed by atoms with Crippen molar-refractivity contribution >= 4 is 17.3 Å². The fourth-order valence-corrected chi connectivity index (χ4v) is 4.42. The number of likely N-dealkylation sites (tertiary alicyclic amines) is 1. The van der Waals surface area contributed by atoms with Gasteiger partial charge in [-0.15, -0.1) is 0 Å². The number of benzene rings is 2. The standard InChI is InChI=1S/C24H31N3O4/c1-29-20-9-10-21(23(16-20)30-2)22-4-3-11-27(22)17-24(28)25-18-5-7-19(8-6-18)26-12-14-31-15-13-26/h5-10,16,22H,3-4,11-15,17H2,1-2H3,(H,25,28)/t22-/m0/s1. The van der Waals surface area contributed by atoms with Gasteiger partial charge in [0.25, 0.3) is 0 Å². The van der Waals surface area contributed by atoms with Gasteiger partial charge < -0.3 is 24.4 Å². The molecule has 0 bridgehead atoms. The molecule has 0 unspecified atom stereocenters. The molecule has 2 aliphatic heterocycles. The Morgan fingerprint density at radius 2 is 1.84 bits per heavy atom. The molecule has 2 aliphatic rings. The lowest BCUT2D eigenvalue weighted by atomic mass is 10.0. The van der Waals surface area contributed by atoms with Crippen LogP contribution in [0.25, 0.3) is 0 Å². The zero-order chi connectivity index (χ0) is 21.6. The SMILES string of the molecule is COc1ccc([C@@H]2CCCN2CC(=O)Nc2ccc(N3CCOCC3)cc2)c(OC)c1. The summed E-state index contributed by atoms with van der Waals surface area (Å²) in [6.45, 7) is 4.56. The number of nitrogens with zero attached hydrogens (tertiary/aromatic N) is 2. The molecule has 31 heavy (non-hydrogen) atoms. The number of ether oxygens (including phenoxy) is 3. The summed E-state index contributed by atoms with van der Waals surface area (Å²) in [4.78, 5) is 17.3. The molecule has 2 aromatic rings. The summed E-state index contributed by atoms with van der Waals surface area (Å²) in [7, 11) is 3.32. The van der Waals surface area contributed by atoms with Gasteiger partial charge in [-0.2, -0.15) is 0 Å². The Morgan fingerprint density at radius 3 is 2.55 bits per heavy atom. The van der Waals surface area contributed by atoms with E-state index in [2.05, 4.69) is 27.2 Å². The molecule has 2 heterocycles. The first kappa shape index (κ1) is 21.5. The Labute approximate surface area is 183 Å². The smallest absolute Gasteiger partial charge is 0.238 e. The summed E-state index contributed by atoms with van der Waals surface area (Å²) in [5.74, 6) is 1.57. The summed E-state index contributed by atoms with van der Waals surface area (Å²) >= 11 is 0. The first-order valence-corrected chi connectivity index (χ1v) is 10.9. The van der Waals surface area contributed by atoms with Crippen LogP contribution in [0.5, 0.6) is 11.5 Å². The van der Waals surface area contributed by atoms with E-state index >= 15 is 0 Å². The highest BCUT2D eigenvalue weighted by atomic mass is 16.5. The minimum atomic E-state index is -0.00139. The first-order chi connectivity index (χ1) is 15.2. The number of anilines is 2. The second-order valence-corrected chi connectivity index (χ2v) is 7.93. The predicted octanol–water partition coefficient (Wildman–Crippen LogP) is 3.32. The third-order valence-electron chi connectivity index (χ3n) is 6.04. The van der Waals surface area contributed by atoms with E-state index in [0.717, 1.165) is 74.1 Å². The van der Waals surface area contributed by atoms with Crippen molar-refractivity contribution in [3.05, 3.63) is 48.0 Å². The summed E-state index contributed by atoms with van der Waals surface area (Å²) in [5.41, 5.74) is 3.08. The minimum Gasteiger partial charge on any atom is -0.497 e. The van der Waals surface area contributed by atoms with Crippen LogP contribution >= 0.6 is 0 Å². The fourth-order valence-electron chi connectivity index (χ4n) is 4.42. The molecule has 2 fully saturated rings. The summed E-state index contributed by atoms with van der Waals surface area (Å²) in [6.07, 6.45) is 2.06. The number of methoxy groups -OCH3 is 2. The van der Waals surface area contributed by atoms with Gasteiger partial charge in [0.2, 0.25) is 5.91 Å². The molecule has 0 aliphatic carbocycles. The van der Waals surface area contributed by atoms with Gasteiger partial charge in [0.1, 0.15) is 11.5 Å². The maximum absolute atomic E-state index is 12.8. The number of carbonyl (C=O) groups is 1. The maximum atomic E-state index is 12.8. The van der Waals surface area contributed by atoms with Crippen molar-refractivity contribution in [3.8, 4) is 11.5 Å². The molecular formula is C24H31N3O4. The Morgan fingerprint density at radius 1 is 1.06 bits per heavy atom. The van der Waals surface area contributed by atoms with Crippen LogP contribution in [-0.2, 0) is 9.53 Å². The van der Waals surface area contributed by atoms with E-state index in [1.807, 2.05) is 30.3 Å². The number of morpholine rings is 1. The van der Waals surface area contributed by atoms with E-state index < -0.39 is 0 Å². The Hall–Kier alpha value is -2.77. The molecule has 0 spiro atoms. The quantitative estimate of drug-likeness (QED) is 0.734. The normalized spacial score (nSPS) is 19.3. The van der Waals surface area contributed by atoms with Gasteiger partial charge in [0.15, 0.2) is 0 Å². The Kier molecular flexibility index (Phi) is 6.94. The highest BCUT2D eigenvalue weighted by molar-refractivity contribution is 5.92. The van der Waals surface area contributed by atoms with Gasteiger partial charge in [0, 0.05) is 42.1 Å². The van der Waals surface area contributed by atoms with Crippen LogP contribution in [-0.4, -0.2) is 64.4 Å². The summed E-state index contributed by atoms with van der Waals surface area (Å²) < 4.78 is 16.3. The molecule has 4 rings (SSSR count). The zero-order valence-electron chi connectivity index (χ0n) is 18.3. The summed E-state index contributed by atoms with van der Waals surface area (Å²) in [6, 6.07) is 14.1. The number of hydrogen-bond donors (Lipinski definition) is 1. The van der Waals surface area contributed by atoms with E-state index in [9.17, 15) is 4.79 Å². The number of rotatable bonds is 7. The molecule has 1 N–H and O–H groups in total. The van der Waals surface area contributed by atoms with E-state index in [-0.39, 0.29) is 11.9 Å². The predicted molar refractivity (Wildman–Crippen MR) is 121 cm³/mol. The van der Waals surface area contributed by atoms with Crippen molar-refractivity contribution in [3.63, 3.8) is 0 Å². The van der Waals surface area contributed by atoms with Crippen molar-refractivity contribution in [2.45, 2.75) is 18.9 Å². The van der Waals surface area contributed by atoms with Crippen molar-refractivity contribution < 1.29 is 19.0 Å². The average molecular weight is 426 g/mol. The highest BCUT2D eigenvalue weighted by Gasteiger charge is 2.30. The van der Waals surface area contributed by atoms with Gasteiger partial charge in [-0.05, 0) is 49.7 Å². The van der Waals surface area contributed by atoms with Crippen LogP contribution in [0, 0.1) is 0 Å². The lowest BCUT2D eigenvalue weighted by molar-refractivity contribution is -0.117. The molecule has 1 atom stereocenters. The van der Waals surface area contributed by atoms with E-state index in [1.54, 1.807) is 14.2 Å². The van der Waals surface area contributed by atoms with Crippen molar-refractivity contribution in [2.75, 3.05) is 63.8 Å². The van der Waals surface area contributed by atoms with Crippen LogP contribution < -0.4 is 19.7 Å². The van der Waals surface area contributed by atoms with Gasteiger partial charge in [-0.25, -0.2) is 0 Å². The maximum Gasteiger partial charge on any atom is 0.238 e. The van der Waals surface area contributed by atoms with E-state index in [1.165, 1.54) is 0 Å². The Bertz CT molecular complexity index is 881. The first-order valence-electron chi connectivity index (χ1n) is 10.9. The van der Waals surface area contributed by atoms with Gasteiger partial charge in [0.05, 0.1) is 34.0 Å². The van der Waals surface area contributed by atoms with Gasteiger partial charge in [-0.1, -0.05) is 6.07 Å². The van der Waals surface area contributed by atoms with Crippen molar-refractivity contribution in [1.82, 2.24) is 4.90 Å². The second kappa shape index (κ2) is 10.0. The molecule has 2 saturated heterocycles. The highest BCUT2D eigenvalue weighted by Crippen LogP contribution is 2.38. The zero-order valence-corrected chi connectivity index (χ0v) is 18.3. The lowest BCUT2D eigenvalue weighted by Gasteiger charge is -2.29. The molecule has 166 valence electrons. The van der Waals surface area contributed by atoms with Crippen LogP contribution in [0.3, 0.4) is 0 Å². The van der Waals surface area contributed by atoms with Gasteiger partial charge >= 0.3 is 0 Å². The largest absolute Gasteiger partial charge is 0.497 e. The third kappa shape index (κ3) is 5.11. The molecule has 2 aromatic carbocycles. The van der Waals surface area contributed by atoms with Crippen LogP contribution in [0.15, 0.2) is 42.5 Å². The van der Waals surface area contributed by atoms with Crippen molar-refractivity contribution in [2.24, 2.45) is 0 Å². The number of carbonyl (C=O) groups excluding carboxylic acids is 1. The topological polar surface area (TPSA) is 63.3 Å². The molecule has 7 heteroatoms. The number of amides is 1. The second-order valence-electron chi connectivity index (χ2n) is 7.93. The number of hydrogen-bond acceptors (Lipinski definition) is 6. The molecule has 0 saturated carbocycles. The van der Waals surface area contributed by atoms with Gasteiger partial charge in [-0.3, -0.25) is 9.69 Å². The molecule has 0 radical (unpaired) electrons. The lowest BCUT2D eigenvalue weighted by Crippen LogP contribution is -2.36. The monoisotopic (exact) mass is 425 g/mol. The van der Waals surface area contributed by atoms with E-state index in [0.29, 0.717) is 6.54 Å². The van der Waals surface area contributed by atoms with Crippen molar-refractivity contribution in [1.29, 1.82) is 0 Å². The summed E-state index contributed by atoms with van der Waals surface area (Å²) in [5, 5.41) is 3.04. The van der Waals surface area contributed by atoms with Crippen LogP contribution in [0.4, 0.5) is 11.4 Å². The van der Waals surface area contributed by atoms with E-state index in [4.69, 9.17) is 14.2 Å². The average Bonchev–Trinajstić information content (AvgIpc) is 3.27. The fraction of sp³-hybridized carbons (Fsp3) is 0.458. The third-order valence-corrected chi connectivity index (χ3v) is 6.04. The molecule has 0 aromatic heterocycles. The molecular weight excluding hydrogens is 394 g/mol.